The molecule has 2 aliphatic rings. The maximum atomic E-state index is 7.12. The predicted molar refractivity (Wildman–Crippen MR) is 260 cm³/mol. The van der Waals surface area contributed by atoms with Crippen LogP contribution in [0.5, 0.6) is 23.0 Å². The highest BCUT2D eigenvalue weighted by Gasteiger charge is 2.56. The van der Waals surface area contributed by atoms with E-state index < -0.39 is 47.2 Å². The van der Waals surface area contributed by atoms with Crippen LogP contribution in [0.15, 0.2) is 69.1 Å². The van der Waals surface area contributed by atoms with Crippen LogP contribution in [0.1, 0.15) is 130 Å². The highest BCUT2D eigenvalue weighted by atomic mass is 31.2. The van der Waals surface area contributed by atoms with E-state index in [1.54, 1.807) is 14.2 Å². The van der Waals surface area contributed by atoms with Crippen LogP contribution in [0.25, 0.3) is 21.9 Å². The molecule has 0 saturated carbocycles. The molecule has 0 unspecified atom stereocenters. The van der Waals surface area contributed by atoms with Gasteiger partial charge in [0.25, 0.3) is 0 Å². The van der Waals surface area contributed by atoms with Crippen LogP contribution in [-0.2, 0) is 40.4 Å². The SMILES string of the molecule is COc1cc(C(C)(C)C)c2op(O[C@@H]3[C@H]4OC(C)(C)O[C@H]4O[C@@H]3COP(Oc3c(C)cccc3C(C)(C)C)Oc3c(C)cccc3C(C)(C)C)oc3c(C(C)(C)C)cc(OC)cc3c2c1. The summed E-state index contributed by atoms with van der Waals surface area (Å²) in [6.07, 6.45) is -2.89. The number of rotatable bonds is 11. The molecule has 354 valence electrons. The van der Waals surface area contributed by atoms with Crippen molar-refractivity contribution in [1.29, 1.82) is 0 Å². The lowest BCUT2D eigenvalue weighted by Crippen LogP contribution is -2.40. The average Bonchev–Trinajstić information content (AvgIpc) is 3.60. The van der Waals surface area contributed by atoms with Crippen molar-refractivity contribution < 1.29 is 50.2 Å². The fourth-order valence-electron chi connectivity index (χ4n) is 8.35. The number of methoxy groups -OCH3 is 2. The smallest absolute Gasteiger partial charge is 0.463 e. The average molecular weight is 933 g/mol. The Hall–Kier alpha value is -3.79. The summed E-state index contributed by atoms with van der Waals surface area (Å²) in [4.78, 5) is 0. The van der Waals surface area contributed by atoms with Crippen LogP contribution in [0.4, 0.5) is 0 Å². The molecule has 13 heteroatoms. The molecule has 7 rings (SSSR count). The second-order valence-electron chi connectivity index (χ2n) is 21.8. The first-order chi connectivity index (χ1) is 30.2. The fourth-order valence-corrected chi connectivity index (χ4v) is 10.8. The number of benzene rings is 4. The van der Waals surface area contributed by atoms with Crippen LogP contribution in [0.2, 0.25) is 0 Å². The van der Waals surface area contributed by atoms with Gasteiger partial charge in [0, 0.05) is 33.0 Å². The third kappa shape index (κ3) is 10.5. The van der Waals surface area contributed by atoms with E-state index in [1.807, 2.05) is 64.1 Å². The van der Waals surface area contributed by atoms with Gasteiger partial charge in [0.1, 0.15) is 52.5 Å². The first-order valence-electron chi connectivity index (χ1n) is 22.5. The summed E-state index contributed by atoms with van der Waals surface area (Å²) < 4.78 is 73.2. The van der Waals surface area contributed by atoms with E-state index >= 15 is 0 Å². The quantitative estimate of drug-likeness (QED) is 0.118. The van der Waals surface area contributed by atoms with Crippen LogP contribution < -0.4 is 23.0 Å². The van der Waals surface area contributed by atoms with Gasteiger partial charge in [-0.15, -0.1) is 0 Å². The van der Waals surface area contributed by atoms with Gasteiger partial charge in [0.05, 0.1) is 20.8 Å². The zero-order valence-corrected chi connectivity index (χ0v) is 43.5. The monoisotopic (exact) mass is 932 g/mol. The zero-order valence-electron chi connectivity index (χ0n) is 41.7. The highest BCUT2D eigenvalue weighted by Crippen LogP contribution is 2.51. The van der Waals surface area contributed by atoms with Gasteiger partial charge in [-0.2, -0.15) is 0 Å². The van der Waals surface area contributed by atoms with Gasteiger partial charge in [0.15, 0.2) is 12.1 Å². The molecule has 1 aromatic heterocycles. The summed E-state index contributed by atoms with van der Waals surface area (Å²) in [7, 11) is -0.909. The van der Waals surface area contributed by atoms with E-state index in [2.05, 4.69) is 107 Å². The number of fused-ring (bicyclic) bond motifs is 4. The number of aryl methyl sites for hydroxylation is 2. The molecule has 2 saturated heterocycles. The number of hydrogen-bond donors (Lipinski definition) is 0. The molecule has 2 fully saturated rings. The topological polar surface area (TPSA) is 109 Å². The van der Waals surface area contributed by atoms with E-state index in [9.17, 15) is 0 Å². The minimum atomic E-state index is -2.18. The first-order valence-corrected chi connectivity index (χ1v) is 24.7. The second kappa shape index (κ2) is 18.0. The number of hydrogen-bond acceptors (Lipinski definition) is 11. The molecule has 0 aliphatic carbocycles. The molecule has 0 amide bonds. The third-order valence-electron chi connectivity index (χ3n) is 11.8. The normalized spacial score (nSPS) is 20.1. The molecule has 4 atom stereocenters. The zero-order chi connectivity index (χ0) is 47.6. The van der Waals surface area contributed by atoms with Crippen LogP contribution in [0.3, 0.4) is 0 Å². The molecule has 0 radical (unpaired) electrons. The second-order valence-corrected chi connectivity index (χ2v) is 23.9. The summed E-state index contributed by atoms with van der Waals surface area (Å²) >= 11 is 0. The highest BCUT2D eigenvalue weighted by molar-refractivity contribution is 7.42. The molecular weight excluding hydrogens is 863 g/mol. The minimum Gasteiger partial charge on any atom is -0.497 e. The molecule has 3 heterocycles. The molecule has 11 nitrogen and oxygen atoms in total. The molecule has 2 aliphatic heterocycles. The van der Waals surface area contributed by atoms with Crippen molar-refractivity contribution in [2.75, 3.05) is 20.8 Å². The molecule has 0 N–H and O–H groups in total. The van der Waals surface area contributed by atoms with Gasteiger partial charge in [-0.1, -0.05) is 119 Å². The molecule has 0 spiro atoms. The lowest BCUT2D eigenvalue weighted by molar-refractivity contribution is -0.214. The summed E-state index contributed by atoms with van der Waals surface area (Å²) in [6, 6.07) is 20.4. The molecular formula is C52H70O11P2. The summed E-state index contributed by atoms with van der Waals surface area (Å²) in [5.41, 5.74) is 6.00. The Morgan fingerprint density at radius 2 is 1.06 bits per heavy atom. The van der Waals surface area contributed by atoms with E-state index in [0.717, 1.165) is 55.7 Å². The number of ether oxygens (including phenoxy) is 5. The van der Waals surface area contributed by atoms with E-state index in [-0.39, 0.29) is 28.3 Å². The molecule has 4 aromatic carbocycles. The Kier molecular flexibility index (Phi) is 13.6. The third-order valence-corrected chi connectivity index (χ3v) is 13.9. The minimum absolute atomic E-state index is 0.00914. The molecule has 65 heavy (non-hydrogen) atoms. The summed E-state index contributed by atoms with van der Waals surface area (Å²) in [5, 5.41) is 1.61. The Labute approximate surface area is 388 Å². The van der Waals surface area contributed by atoms with Gasteiger partial charge in [-0.3, -0.25) is 9.05 Å². The number of para-hydroxylation sites is 2. The largest absolute Gasteiger partial charge is 0.497 e. The maximum Gasteiger partial charge on any atom is 0.463 e. The standard InChI is InChI=1S/C52H70O11P2/c1-30-21-19-23-36(48(3,4)5)41(30)59-64(60-42-31(2)22-20-24-37(42)49(6,7)8)55-29-40-45(46-47(56-40)58-52(15,16)57-46)63-65-61-43-34(25-32(53-17)27-38(43)50(9,10)11)35-26-33(54-18)28-39(44(35)62-65)51(12,13)14/h19-28,40,45-47H,29H2,1-18H3/t40-,45+,46-,47-/m1/s1. The first kappa shape index (κ1) is 49.1. The maximum absolute atomic E-state index is 7.12. The van der Waals surface area contributed by atoms with Crippen molar-refractivity contribution in [3.63, 3.8) is 0 Å². The van der Waals surface area contributed by atoms with Crippen molar-refractivity contribution >= 4 is 38.8 Å². The van der Waals surface area contributed by atoms with Gasteiger partial charge in [-0.05, 0) is 84.7 Å². The van der Waals surface area contributed by atoms with Crippen molar-refractivity contribution in [2.45, 2.75) is 163 Å². The Morgan fingerprint density at radius 1 is 0.615 bits per heavy atom. The van der Waals surface area contributed by atoms with E-state index in [1.165, 1.54) is 0 Å². The van der Waals surface area contributed by atoms with Crippen molar-refractivity contribution in [3.8, 4) is 23.0 Å². The van der Waals surface area contributed by atoms with Crippen LogP contribution in [0, 0.1) is 13.8 Å². The molecule has 5 aromatic rings. The van der Waals surface area contributed by atoms with Gasteiger partial charge in [-0.25, -0.2) is 0 Å². The van der Waals surface area contributed by atoms with Gasteiger partial charge in [0.2, 0.25) is 0 Å². The summed E-state index contributed by atoms with van der Waals surface area (Å²) in [5.74, 6) is 1.90. The fraction of sp³-hybridized carbons (Fsp3) is 0.538. The van der Waals surface area contributed by atoms with Crippen LogP contribution >= 0.6 is 16.8 Å². The van der Waals surface area contributed by atoms with E-state index in [0.29, 0.717) is 22.7 Å². The lowest BCUT2D eigenvalue weighted by Gasteiger charge is -2.29. The van der Waals surface area contributed by atoms with Crippen LogP contribution in [-0.4, -0.2) is 51.2 Å². The Bertz CT molecular complexity index is 2420. The molecule has 0 bridgehead atoms. The lowest BCUT2D eigenvalue weighted by atomic mass is 9.84. The van der Waals surface area contributed by atoms with Crippen molar-refractivity contribution in [1.82, 2.24) is 0 Å². The summed E-state index contributed by atoms with van der Waals surface area (Å²) in [6.45, 7) is 33.7. The van der Waals surface area contributed by atoms with Gasteiger partial charge >= 0.3 is 16.8 Å². The Morgan fingerprint density at radius 3 is 1.48 bits per heavy atom. The van der Waals surface area contributed by atoms with Crippen molar-refractivity contribution in [3.05, 3.63) is 94.0 Å². The van der Waals surface area contributed by atoms with Gasteiger partial charge < -0.3 is 41.1 Å². The predicted octanol–water partition coefficient (Wildman–Crippen LogP) is 14.2. The van der Waals surface area contributed by atoms with Crippen molar-refractivity contribution in [2.24, 2.45) is 0 Å². The Balaban J connectivity index is 1.36. The van der Waals surface area contributed by atoms with E-state index in [4.69, 9.17) is 50.2 Å².